The second kappa shape index (κ2) is 5.28. The van der Waals surface area contributed by atoms with Crippen LogP contribution in [0.2, 0.25) is 0 Å². The fraction of sp³-hybridized carbons (Fsp3) is 1.00. The summed E-state index contributed by atoms with van der Waals surface area (Å²) in [4.78, 5) is 0. The molecule has 0 aromatic rings. The fourth-order valence-corrected chi connectivity index (χ4v) is 5.14. The fourth-order valence-electron chi connectivity index (χ4n) is 5.14. The maximum atomic E-state index is 6.59. The molecule has 0 amide bonds. The zero-order chi connectivity index (χ0) is 13.5. The van der Waals surface area contributed by atoms with Gasteiger partial charge >= 0.3 is 0 Å². The first-order valence-corrected chi connectivity index (χ1v) is 9.19. The van der Waals surface area contributed by atoms with Crippen molar-refractivity contribution in [3.63, 3.8) is 0 Å². The van der Waals surface area contributed by atoms with E-state index in [1.807, 2.05) is 0 Å². The van der Waals surface area contributed by atoms with Crippen LogP contribution in [-0.4, -0.2) is 24.3 Å². The molecule has 114 valence electrons. The summed E-state index contributed by atoms with van der Waals surface area (Å²) >= 11 is 0. The lowest BCUT2D eigenvalue weighted by Gasteiger charge is -2.33. The van der Waals surface area contributed by atoms with Gasteiger partial charge in [-0.15, -0.1) is 0 Å². The van der Waals surface area contributed by atoms with Gasteiger partial charge in [-0.1, -0.05) is 25.7 Å². The highest BCUT2D eigenvalue weighted by Crippen LogP contribution is 2.49. The zero-order valence-corrected chi connectivity index (χ0v) is 13.0. The third kappa shape index (κ3) is 2.78. The number of rotatable bonds is 5. The molecule has 2 nitrogen and oxygen atoms in total. The Kier molecular flexibility index (Phi) is 3.58. The molecule has 2 heteroatoms. The van der Waals surface area contributed by atoms with Crippen LogP contribution in [0, 0.1) is 5.41 Å². The number of hydrogen-bond donors (Lipinski definition) is 1. The summed E-state index contributed by atoms with van der Waals surface area (Å²) in [6.07, 6.45) is 18.7. The molecule has 1 spiro atoms. The lowest BCUT2D eigenvalue weighted by molar-refractivity contribution is -0.0530. The third-order valence-electron chi connectivity index (χ3n) is 6.52. The predicted molar refractivity (Wildman–Crippen MR) is 81.8 cm³/mol. The second-order valence-corrected chi connectivity index (χ2v) is 8.24. The molecule has 3 saturated carbocycles. The van der Waals surface area contributed by atoms with Crippen LogP contribution < -0.4 is 5.32 Å². The Morgan fingerprint density at radius 1 is 0.850 bits per heavy atom. The molecule has 3 aliphatic carbocycles. The summed E-state index contributed by atoms with van der Waals surface area (Å²) in [5, 5.41) is 3.82. The van der Waals surface area contributed by atoms with Crippen LogP contribution >= 0.6 is 0 Å². The maximum absolute atomic E-state index is 6.59. The van der Waals surface area contributed by atoms with Crippen LogP contribution in [-0.2, 0) is 4.74 Å². The van der Waals surface area contributed by atoms with Crippen molar-refractivity contribution in [2.24, 2.45) is 5.41 Å². The first kappa shape index (κ1) is 13.6. The van der Waals surface area contributed by atoms with Crippen LogP contribution in [0.4, 0.5) is 0 Å². The largest absolute Gasteiger partial charge is 0.372 e. The Labute approximate surface area is 124 Å². The molecule has 1 saturated heterocycles. The van der Waals surface area contributed by atoms with Gasteiger partial charge in [0.15, 0.2) is 0 Å². The Bertz CT molecular complexity index is 337. The monoisotopic (exact) mass is 277 g/mol. The van der Waals surface area contributed by atoms with E-state index in [1.54, 1.807) is 0 Å². The molecule has 1 N–H and O–H groups in total. The van der Waals surface area contributed by atoms with Crippen molar-refractivity contribution in [2.45, 2.75) is 101 Å². The van der Waals surface area contributed by atoms with Crippen molar-refractivity contribution < 1.29 is 4.74 Å². The summed E-state index contributed by atoms with van der Waals surface area (Å²) in [5.74, 6) is 0. The van der Waals surface area contributed by atoms with Gasteiger partial charge in [0.25, 0.3) is 0 Å². The van der Waals surface area contributed by atoms with E-state index >= 15 is 0 Å². The van der Waals surface area contributed by atoms with E-state index in [4.69, 9.17) is 4.74 Å². The molecule has 4 fully saturated rings. The third-order valence-corrected chi connectivity index (χ3v) is 6.52. The Hall–Kier alpha value is -0.0800. The number of ether oxygens (including phenoxy) is 1. The topological polar surface area (TPSA) is 21.3 Å². The van der Waals surface area contributed by atoms with E-state index in [0.29, 0.717) is 17.1 Å². The van der Waals surface area contributed by atoms with Crippen molar-refractivity contribution in [3.8, 4) is 0 Å². The summed E-state index contributed by atoms with van der Waals surface area (Å²) in [5.41, 5.74) is 0.909. The molecule has 1 heterocycles. The van der Waals surface area contributed by atoms with E-state index in [2.05, 4.69) is 5.32 Å². The van der Waals surface area contributed by atoms with Crippen molar-refractivity contribution in [3.05, 3.63) is 0 Å². The highest BCUT2D eigenvalue weighted by molar-refractivity contribution is 4.97. The van der Waals surface area contributed by atoms with Crippen molar-refractivity contribution >= 4 is 0 Å². The first-order valence-electron chi connectivity index (χ1n) is 9.19. The molecular weight excluding hydrogens is 246 g/mol. The summed E-state index contributed by atoms with van der Waals surface area (Å²) in [6.45, 7) is 1.27. The van der Waals surface area contributed by atoms with Gasteiger partial charge in [0.05, 0.1) is 11.7 Å². The van der Waals surface area contributed by atoms with Crippen LogP contribution in [0.25, 0.3) is 0 Å². The van der Waals surface area contributed by atoms with Crippen LogP contribution in [0.1, 0.15) is 83.5 Å². The molecule has 4 rings (SSSR count). The maximum Gasteiger partial charge on any atom is 0.0687 e. The van der Waals surface area contributed by atoms with Crippen LogP contribution in [0.15, 0.2) is 0 Å². The number of nitrogens with one attached hydrogen (secondary N) is 1. The van der Waals surface area contributed by atoms with Gasteiger partial charge in [-0.25, -0.2) is 0 Å². The van der Waals surface area contributed by atoms with Gasteiger partial charge < -0.3 is 10.1 Å². The average molecular weight is 277 g/mol. The Morgan fingerprint density at radius 3 is 2.25 bits per heavy atom. The van der Waals surface area contributed by atoms with E-state index < -0.39 is 0 Å². The lowest BCUT2D eigenvalue weighted by Crippen LogP contribution is -2.37. The Morgan fingerprint density at radius 2 is 1.55 bits per heavy atom. The molecule has 1 aliphatic heterocycles. The average Bonchev–Trinajstić information content (AvgIpc) is 2.87. The molecule has 0 bridgehead atoms. The highest BCUT2D eigenvalue weighted by atomic mass is 16.5. The molecule has 0 aromatic heterocycles. The van der Waals surface area contributed by atoms with Gasteiger partial charge in [-0.2, -0.15) is 0 Å². The molecule has 0 radical (unpaired) electrons. The van der Waals surface area contributed by atoms with Gasteiger partial charge in [0, 0.05) is 12.6 Å². The molecule has 1 unspecified atom stereocenters. The van der Waals surface area contributed by atoms with Gasteiger partial charge in [0.2, 0.25) is 0 Å². The smallest absolute Gasteiger partial charge is 0.0687 e. The standard InChI is InChI=1S/C18H31NO/c1-2-9-17(8-1,14-19-15-5-6-15)13-16-7-12-18(20-16)10-3-4-11-18/h15-16,19H,1-14H2. The summed E-state index contributed by atoms with van der Waals surface area (Å²) < 4.78 is 6.59. The van der Waals surface area contributed by atoms with Crippen molar-refractivity contribution in [2.75, 3.05) is 6.54 Å². The normalized spacial score (nSPS) is 35.1. The van der Waals surface area contributed by atoms with E-state index in [-0.39, 0.29) is 0 Å². The minimum absolute atomic E-state index is 0.328. The lowest BCUT2D eigenvalue weighted by atomic mass is 9.80. The second-order valence-electron chi connectivity index (χ2n) is 8.24. The molecule has 0 aromatic carbocycles. The molecule has 1 atom stereocenters. The van der Waals surface area contributed by atoms with Gasteiger partial charge in [-0.05, 0) is 63.2 Å². The Balaban J connectivity index is 1.35. The van der Waals surface area contributed by atoms with Gasteiger partial charge in [-0.3, -0.25) is 0 Å². The van der Waals surface area contributed by atoms with Crippen LogP contribution in [0.5, 0.6) is 0 Å². The van der Waals surface area contributed by atoms with E-state index in [1.165, 1.54) is 90.0 Å². The zero-order valence-electron chi connectivity index (χ0n) is 13.0. The predicted octanol–water partition coefficient (Wildman–Crippen LogP) is 4.18. The first-order chi connectivity index (χ1) is 9.78. The summed E-state index contributed by atoms with van der Waals surface area (Å²) in [6, 6.07) is 0.859. The van der Waals surface area contributed by atoms with Gasteiger partial charge in [0.1, 0.15) is 0 Å². The quantitative estimate of drug-likeness (QED) is 0.814. The van der Waals surface area contributed by atoms with Crippen molar-refractivity contribution in [1.29, 1.82) is 0 Å². The molecule has 20 heavy (non-hydrogen) atoms. The van der Waals surface area contributed by atoms with E-state index in [0.717, 1.165) is 6.04 Å². The summed E-state index contributed by atoms with van der Waals surface area (Å²) in [7, 11) is 0. The highest BCUT2D eigenvalue weighted by Gasteiger charge is 2.45. The minimum Gasteiger partial charge on any atom is -0.372 e. The SMILES string of the molecule is C1CCC(CNC2CC2)(CC2CCC3(CCCC3)O2)C1. The number of hydrogen-bond acceptors (Lipinski definition) is 2. The van der Waals surface area contributed by atoms with E-state index in [9.17, 15) is 0 Å². The molecule has 4 aliphatic rings. The van der Waals surface area contributed by atoms with Crippen LogP contribution in [0.3, 0.4) is 0 Å². The minimum atomic E-state index is 0.328. The molecular formula is C18H31NO. The van der Waals surface area contributed by atoms with Crippen molar-refractivity contribution in [1.82, 2.24) is 5.32 Å².